The van der Waals surface area contributed by atoms with Crippen LogP contribution in [0.3, 0.4) is 0 Å². The predicted molar refractivity (Wildman–Crippen MR) is 222 cm³/mol. The lowest BCUT2D eigenvalue weighted by atomic mass is 9.83. The van der Waals surface area contributed by atoms with Crippen molar-refractivity contribution in [3.05, 3.63) is 46.3 Å². The summed E-state index contributed by atoms with van der Waals surface area (Å²) in [5.74, 6) is -1.53. The van der Waals surface area contributed by atoms with Gasteiger partial charge in [0.15, 0.2) is 5.78 Å². The first-order valence-corrected chi connectivity index (χ1v) is 20.7. The molecule has 3 amide bonds. The number of amides is 3. The van der Waals surface area contributed by atoms with Crippen molar-refractivity contribution in [2.45, 2.75) is 143 Å². The monoisotopic (exact) mass is 784 g/mol. The number of benzene rings is 1. The molecule has 1 saturated heterocycles. The Hall–Kier alpha value is -3.51. The van der Waals surface area contributed by atoms with Gasteiger partial charge in [0.05, 0.1) is 42.7 Å². The minimum atomic E-state index is -0.608. The number of methoxy groups -OCH3 is 2. The third kappa shape index (κ3) is 13.3. The second kappa shape index (κ2) is 23.7. The van der Waals surface area contributed by atoms with Gasteiger partial charge in [0.25, 0.3) is 0 Å². The molecule has 1 aromatic rings. The zero-order chi connectivity index (χ0) is 42.3. The van der Waals surface area contributed by atoms with Gasteiger partial charge in [-0.2, -0.15) is 0 Å². The highest BCUT2D eigenvalue weighted by molar-refractivity contribution is 5.90. The normalized spacial score (nSPS) is 18.9. The van der Waals surface area contributed by atoms with E-state index in [1.165, 1.54) is 0 Å². The summed E-state index contributed by atoms with van der Waals surface area (Å²) in [6.07, 6.45) is 1.69. The van der Waals surface area contributed by atoms with E-state index in [9.17, 15) is 19.2 Å². The van der Waals surface area contributed by atoms with E-state index in [2.05, 4.69) is 47.9 Å². The zero-order valence-corrected chi connectivity index (χ0v) is 36.6. The summed E-state index contributed by atoms with van der Waals surface area (Å²) < 4.78 is 12.0. The van der Waals surface area contributed by atoms with Gasteiger partial charge < -0.3 is 24.6 Å². The Morgan fingerprint density at radius 2 is 1.61 bits per heavy atom. The van der Waals surface area contributed by atoms with Crippen molar-refractivity contribution in [1.82, 2.24) is 20.0 Å². The highest BCUT2D eigenvalue weighted by Crippen LogP contribution is 2.31. The van der Waals surface area contributed by atoms with E-state index in [1.54, 1.807) is 33.1 Å². The van der Waals surface area contributed by atoms with Crippen LogP contribution in [0.5, 0.6) is 0 Å². The van der Waals surface area contributed by atoms with Crippen LogP contribution in [0, 0.1) is 29.6 Å². The maximum absolute atomic E-state index is 14.4. The fourth-order valence-electron chi connectivity index (χ4n) is 8.43. The first-order chi connectivity index (χ1) is 26.4. The maximum Gasteiger partial charge on any atom is 0.226 e. The average Bonchev–Trinajstić information content (AvgIpc) is 3.65. The minimum absolute atomic E-state index is 0.000262. The number of nitrogens with zero attached hydrogens (tertiary/aromatic N) is 6. The van der Waals surface area contributed by atoms with Crippen LogP contribution in [0.4, 0.5) is 0 Å². The van der Waals surface area contributed by atoms with Crippen LogP contribution < -0.4 is 5.32 Å². The topological polar surface area (TPSA) is 157 Å². The van der Waals surface area contributed by atoms with E-state index in [0.717, 1.165) is 18.4 Å². The van der Waals surface area contributed by atoms with Gasteiger partial charge in [0, 0.05) is 63.7 Å². The molecule has 1 aliphatic rings. The molecule has 13 heteroatoms. The van der Waals surface area contributed by atoms with Crippen molar-refractivity contribution in [3.8, 4) is 0 Å². The Labute approximate surface area is 337 Å². The Bertz CT molecular complexity index is 1430. The fraction of sp³-hybridized carbons (Fsp3) is 0.767. The second-order valence-electron chi connectivity index (χ2n) is 16.9. The number of likely N-dealkylation sites (N-methyl/N-ethyl adjacent to an activating group) is 2. The molecule has 1 N–H and O–H groups in total. The highest BCUT2D eigenvalue weighted by atomic mass is 16.5. The standard InChI is InChI=1S/C43H73N7O6/c1-14-30(8)40(49(11)43(54)34(27(2)3)24-36(51)39(28(4)5)48(10)29(6)7)37(55-12)25-38(52)50-22-18-21-35(50)41(56-13)31(9)42(53)46-33(26-45-47-44)23-32-19-16-15-17-20-32/h15-17,19-20,27-31,33-35,37,39-41H,14,18,21-26H2,1-13H3,(H,46,53)/t30-,31+,33-,34?,35-,37+,39-,40-,41+/m0/s1. The smallest absolute Gasteiger partial charge is 0.226 e. The van der Waals surface area contributed by atoms with Gasteiger partial charge in [-0.15, -0.1) is 0 Å². The summed E-state index contributed by atoms with van der Waals surface area (Å²) in [6.45, 7) is 18.8. The van der Waals surface area contributed by atoms with Crippen molar-refractivity contribution in [2.75, 3.05) is 41.4 Å². The SMILES string of the molecule is CC[C@H](C)[C@@H]([C@@H](CC(=O)N1CCC[C@H]1[C@H](OC)[C@@H](C)C(=O)N[C@H](CN=[N+]=[N-])Cc1ccccc1)OC)N(C)C(=O)C(CC(=O)[C@H](C(C)C)N(C)C(C)C)C(C)C. The van der Waals surface area contributed by atoms with Gasteiger partial charge >= 0.3 is 0 Å². The Balaban J connectivity index is 2.29. The van der Waals surface area contributed by atoms with Crippen molar-refractivity contribution >= 4 is 23.5 Å². The molecule has 0 aromatic heterocycles. The van der Waals surface area contributed by atoms with Crippen LogP contribution in [0.1, 0.15) is 100.0 Å². The largest absolute Gasteiger partial charge is 0.379 e. The Kier molecular flexibility index (Phi) is 20.5. The quantitative estimate of drug-likeness (QED) is 0.0709. The van der Waals surface area contributed by atoms with Gasteiger partial charge in [0.2, 0.25) is 17.7 Å². The fourth-order valence-corrected chi connectivity index (χ4v) is 8.43. The van der Waals surface area contributed by atoms with Crippen LogP contribution in [0.25, 0.3) is 10.4 Å². The average molecular weight is 784 g/mol. The molecule has 0 saturated carbocycles. The molecule has 1 unspecified atom stereocenters. The van der Waals surface area contributed by atoms with Gasteiger partial charge in [-0.05, 0) is 69.0 Å². The molecule has 316 valence electrons. The molecule has 2 rings (SSSR count). The molecule has 9 atom stereocenters. The van der Waals surface area contributed by atoms with Crippen molar-refractivity contribution in [1.29, 1.82) is 0 Å². The molecule has 13 nitrogen and oxygen atoms in total. The van der Waals surface area contributed by atoms with Crippen molar-refractivity contribution < 1.29 is 28.7 Å². The van der Waals surface area contributed by atoms with Crippen LogP contribution in [0.15, 0.2) is 35.4 Å². The number of rotatable bonds is 24. The summed E-state index contributed by atoms with van der Waals surface area (Å²) in [5.41, 5.74) is 9.99. The van der Waals surface area contributed by atoms with Gasteiger partial charge in [-0.3, -0.25) is 24.1 Å². The van der Waals surface area contributed by atoms with Gasteiger partial charge in [-0.1, -0.05) is 90.3 Å². The Morgan fingerprint density at radius 1 is 0.964 bits per heavy atom. The molecule has 1 heterocycles. The number of carbonyl (C=O) groups is 4. The number of nitrogens with one attached hydrogen (secondary N) is 1. The highest BCUT2D eigenvalue weighted by Gasteiger charge is 2.43. The number of hydrogen-bond donors (Lipinski definition) is 1. The molecule has 56 heavy (non-hydrogen) atoms. The molecule has 0 bridgehead atoms. The number of likely N-dealkylation sites (tertiary alicyclic amines) is 1. The van der Waals surface area contributed by atoms with Gasteiger partial charge in [-0.25, -0.2) is 0 Å². The lowest BCUT2D eigenvalue weighted by molar-refractivity contribution is -0.149. The van der Waals surface area contributed by atoms with E-state index < -0.39 is 36.1 Å². The first-order valence-electron chi connectivity index (χ1n) is 20.7. The van der Waals surface area contributed by atoms with Gasteiger partial charge in [0.1, 0.15) is 0 Å². The van der Waals surface area contributed by atoms with Crippen molar-refractivity contribution in [3.63, 3.8) is 0 Å². The van der Waals surface area contributed by atoms with E-state index >= 15 is 0 Å². The summed E-state index contributed by atoms with van der Waals surface area (Å²) in [6, 6.07) is 8.41. The van der Waals surface area contributed by atoms with E-state index in [1.807, 2.05) is 70.0 Å². The predicted octanol–water partition coefficient (Wildman–Crippen LogP) is 6.54. The molecule has 0 spiro atoms. The van der Waals surface area contributed by atoms with Crippen LogP contribution >= 0.6 is 0 Å². The van der Waals surface area contributed by atoms with E-state index in [4.69, 9.17) is 15.0 Å². The van der Waals surface area contributed by atoms with Crippen molar-refractivity contribution in [2.24, 2.45) is 34.7 Å². The number of ketones is 1. The molecule has 1 aromatic carbocycles. The number of ether oxygens (including phenoxy) is 2. The molecule has 1 fully saturated rings. The number of hydrogen-bond acceptors (Lipinski definition) is 8. The summed E-state index contributed by atoms with van der Waals surface area (Å²) in [4.78, 5) is 64.8. The molecule has 0 aliphatic carbocycles. The molecule has 1 aliphatic heterocycles. The molecule has 0 radical (unpaired) electrons. The van der Waals surface area contributed by atoms with E-state index in [0.29, 0.717) is 19.4 Å². The summed E-state index contributed by atoms with van der Waals surface area (Å²) in [7, 11) is 6.89. The third-order valence-electron chi connectivity index (χ3n) is 12.1. The summed E-state index contributed by atoms with van der Waals surface area (Å²) >= 11 is 0. The van der Waals surface area contributed by atoms with Crippen LogP contribution in [-0.2, 0) is 35.1 Å². The minimum Gasteiger partial charge on any atom is -0.379 e. The number of Topliss-reactive ketones (excluding diaryl/α,β-unsaturated/α-hetero) is 1. The first kappa shape index (κ1) is 48.6. The zero-order valence-electron chi connectivity index (χ0n) is 36.6. The third-order valence-corrected chi connectivity index (χ3v) is 12.1. The Morgan fingerprint density at radius 3 is 2.12 bits per heavy atom. The lowest BCUT2D eigenvalue weighted by Gasteiger charge is -2.41. The lowest BCUT2D eigenvalue weighted by Crippen LogP contribution is -2.55. The number of azide groups is 1. The molecular weight excluding hydrogens is 711 g/mol. The molecular formula is C43H73N7O6. The maximum atomic E-state index is 14.4. The number of carbonyl (C=O) groups excluding carboxylic acids is 4. The summed E-state index contributed by atoms with van der Waals surface area (Å²) in [5, 5.41) is 6.80. The second-order valence-corrected chi connectivity index (χ2v) is 16.9. The van der Waals surface area contributed by atoms with Crippen LogP contribution in [0.2, 0.25) is 0 Å². The van der Waals surface area contributed by atoms with Crippen LogP contribution in [-0.4, -0.2) is 122 Å². The van der Waals surface area contributed by atoms with E-state index in [-0.39, 0.29) is 78.8 Å².